The Morgan fingerprint density at radius 1 is 1.39 bits per heavy atom. The predicted octanol–water partition coefficient (Wildman–Crippen LogP) is 2.40. The zero-order chi connectivity index (χ0) is 12.7. The fourth-order valence-corrected chi connectivity index (χ4v) is 2.08. The second-order valence-electron chi connectivity index (χ2n) is 3.70. The molecular weight excluding hydrogens is 258 g/mol. The minimum Gasteiger partial charge on any atom is -0.465 e. The first-order valence-corrected chi connectivity index (χ1v) is 5.54. The summed E-state index contributed by atoms with van der Waals surface area (Å²) in [5.74, 6) is 0.692. The second kappa shape index (κ2) is 4.03. The minimum absolute atomic E-state index is 0.174. The highest BCUT2D eigenvalue weighted by molar-refractivity contribution is 6.38. The molecule has 0 unspecified atom stereocenters. The molecule has 92 valence electrons. The molecule has 0 saturated heterocycles. The highest BCUT2D eigenvalue weighted by Gasteiger charge is 2.19. The molecule has 0 N–H and O–H groups in total. The van der Waals surface area contributed by atoms with E-state index in [1.807, 2.05) is 0 Å². The third-order valence-electron chi connectivity index (χ3n) is 2.70. The lowest BCUT2D eigenvalue weighted by Crippen LogP contribution is -2.03. The Morgan fingerprint density at radius 3 is 2.83 bits per heavy atom. The maximum absolute atomic E-state index is 11.5. The molecule has 1 aliphatic heterocycles. The van der Waals surface area contributed by atoms with Crippen LogP contribution in [0.4, 0.5) is 0 Å². The molecule has 0 atom stereocenters. The van der Waals surface area contributed by atoms with Crippen molar-refractivity contribution in [3.8, 4) is 11.5 Å². The van der Waals surface area contributed by atoms with E-state index in [0.29, 0.717) is 27.4 Å². The van der Waals surface area contributed by atoms with E-state index >= 15 is 0 Å². The van der Waals surface area contributed by atoms with Gasteiger partial charge in [-0.1, -0.05) is 11.6 Å². The van der Waals surface area contributed by atoms with Gasteiger partial charge >= 0.3 is 5.97 Å². The zero-order valence-corrected chi connectivity index (χ0v) is 10.2. The van der Waals surface area contributed by atoms with Crippen LogP contribution in [-0.2, 0) is 4.74 Å². The van der Waals surface area contributed by atoms with Crippen molar-refractivity contribution in [2.75, 3.05) is 13.9 Å². The average Bonchev–Trinajstić information content (AvgIpc) is 2.83. The van der Waals surface area contributed by atoms with E-state index in [9.17, 15) is 4.79 Å². The first kappa shape index (κ1) is 11.1. The summed E-state index contributed by atoms with van der Waals surface area (Å²) in [5.41, 5.74) is 0.863. The lowest BCUT2D eigenvalue weighted by molar-refractivity contribution is 0.0600. The van der Waals surface area contributed by atoms with Gasteiger partial charge in [0, 0.05) is 17.6 Å². The fraction of sp³-hybridized carbons (Fsp3) is 0.167. The highest BCUT2D eigenvalue weighted by atomic mass is 35.5. The average molecular weight is 266 g/mol. The number of hydrogen-bond donors (Lipinski definition) is 0. The van der Waals surface area contributed by atoms with E-state index in [1.54, 1.807) is 12.1 Å². The molecule has 1 aromatic heterocycles. The van der Waals surface area contributed by atoms with Gasteiger partial charge in [-0.2, -0.15) is 0 Å². The summed E-state index contributed by atoms with van der Waals surface area (Å²) in [6.07, 6.45) is 1.39. The third kappa shape index (κ3) is 1.55. The van der Waals surface area contributed by atoms with Gasteiger partial charge in [0.1, 0.15) is 0 Å². The van der Waals surface area contributed by atoms with Crippen LogP contribution < -0.4 is 9.47 Å². The topological polar surface area (TPSA) is 57.7 Å². The number of fused-ring (bicyclic) bond motifs is 2. The molecule has 3 rings (SSSR count). The quantitative estimate of drug-likeness (QED) is 0.741. The van der Waals surface area contributed by atoms with Crippen LogP contribution in [0.5, 0.6) is 11.5 Å². The van der Waals surface area contributed by atoms with E-state index < -0.39 is 5.97 Å². The van der Waals surface area contributed by atoms with Gasteiger partial charge < -0.3 is 14.2 Å². The number of pyridine rings is 1. The van der Waals surface area contributed by atoms with Gasteiger partial charge in [0.25, 0.3) is 0 Å². The number of ether oxygens (including phenoxy) is 3. The lowest BCUT2D eigenvalue weighted by atomic mass is 10.1. The number of nitrogens with zero attached hydrogens (tertiary/aromatic N) is 1. The minimum atomic E-state index is -0.521. The number of esters is 1. The Morgan fingerprint density at radius 2 is 2.11 bits per heavy atom. The fourth-order valence-electron chi connectivity index (χ4n) is 1.80. The summed E-state index contributed by atoms with van der Waals surface area (Å²) in [5, 5.41) is 0.925. The monoisotopic (exact) mass is 265 g/mol. The maximum atomic E-state index is 11.5. The van der Waals surface area contributed by atoms with Gasteiger partial charge in [-0.05, 0) is 6.07 Å². The smallest absolute Gasteiger partial charge is 0.340 e. The van der Waals surface area contributed by atoms with Crippen molar-refractivity contribution in [1.29, 1.82) is 0 Å². The molecule has 1 aliphatic rings. The first-order chi connectivity index (χ1) is 8.70. The summed E-state index contributed by atoms with van der Waals surface area (Å²) >= 11 is 6.18. The number of benzene rings is 1. The number of carbonyl (C=O) groups excluding carboxylic acids is 1. The van der Waals surface area contributed by atoms with Crippen LogP contribution in [-0.4, -0.2) is 24.9 Å². The van der Waals surface area contributed by atoms with E-state index in [2.05, 4.69) is 9.72 Å². The summed E-state index contributed by atoms with van der Waals surface area (Å²) in [6.45, 7) is 0.174. The number of aromatic nitrogens is 1. The van der Waals surface area contributed by atoms with Crippen LogP contribution in [0.25, 0.3) is 10.9 Å². The summed E-state index contributed by atoms with van der Waals surface area (Å²) < 4.78 is 15.2. The third-order valence-corrected chi connectivity index (χ3v) is 3.11. The van der Waals surface area contributed by atoms with Gasteiger partial charge in [0.05, 0.1) is 23.2 Å². The predicted molar refractivity (Wildman–Crippen MR) is 64.2 cm³/mol. The molecule has 0 bridgehead atoms. The van der Waals surface area contributed by atoms with Crippen molar-refractivity contribution >= 4 is 28.5 Å². The van der Waals surface area contributed by atoms with E-state index in [0.717, 1.165) is 0 Å². The largest absolute Gasteiger partial charge is 0.465 e. The number of halogens is 1. The molecule has 5 nitrogen and oxygen atoms in total. The Bertz CT molecular complexity index is 656. The van der Waals surface area contributed by atoms with Crippen molar-refractivity contribution in [3.63, 3.8) is 0 Å². The van der Waals surface area contributed by atoms with Crippen LogP contribution in [0.3, 0.4) is 0 Å². The molecule has 18 heavy (non-hydrogen) atoms. The number of carbonyl (C=O) groups is 1. The normalized spacial score (nSPS) is 12.8. The van der Waals surface area contributed by atoms with Crippen molar-refractivity contribution in [2.24, 2.45) is 0 Å². The molecular formula is C12H8ClNO4. The Hall–Kier alpha value is -2.01. The van der Waals surface area contributed by atoms with Crippen molar-refractivity contribution < 1.29 is 19.0 Å². The highest BCUT2D eigenvalue weighted by Crippen LogP contribution is 2.38. The van der Waals surface area contributed by atoms with Crippen molar-refractivity contribution in [2.45, 2.75) is 0 Å². The van der Waals surface area contributed by atoms with E-state index in [1.165, 1.54) is 13.3 Å². The van der Waals surface area contributed by atoms with Gasteiger partial charge in [0.2, 0.25) is 6.79 Å². The van der Waals surface area contributed by atoms with Crippen molar-refractivity contribution in [3.05, 3.63) is 28.9 Å². The van der Waals surface area contributed by atoms with Gasteiger partial charge in [0.15, 0.2) is 11.5 Å². The molecule has 0 aliphatic carbocycles. The van der Waals surface area contributed by atoms with Crippen LogP contribution in [0.1, 0.15) is 10.4 Å². The SMILES string of the molecule is COC(=O)c1cnc2cc3c(cc2c1Cl)OCO3. The van der Waals surface area contributed by atoms with Crippen LogP contribution >= 0.6 is 11.6 Å². The summed E-state index contributed by atoms with van der Waals surface area (Å²) in [6, 6.07) is 3.43. The Kier molecular flexibility index (Phi) is 2.48. The maximum Gasteiger partial charge on any atom is 0.340 e. The molecule has 1 aromatic carbocycles. The lowest BCUT2D eigenvalue weighted by Gasteiger charge is -2.06. The number of hydrogen-bond acceptors (Lipinski definition) is 5. The second-order valence-corrected chi connectivity index (χ2v) is 4.08. The molecule has 0 saturated carbocycles. The van der Waals surface area contributed by atoms with Gasteiger partial charge in [-0.25, -0.2) is 4.79 Å². The molecule has 6 heteroatoms. The van der Waals surface area contributed by atoms with Crippen LogP contribution in [0, 0.1) is 0 Å². The van der Waals surface area contributed by atoms with Gasteiger partial charge in [-0.15, -0.1) is 0 Å². The Labute approximate surface area is 107 Å². The molecule has 0 spiro atoms. The Balaban J connectivity index is 2.25. The molecule has 2 heterocycles. The molecule has 0 radical (unpaired) electrons. The standard InChI is InChI=1S/C12H8ClNO4/c1-16-12(15)7-4-14-8-3-10-9(17-5-18-10)2-6(8)11(7)13/h2-4H,5H2,1H3. The summed E-state index contributed by atoms with van der Waals surface area (Å²) in [4.78, 5) is 15.7. The van der Waals surface area contributed by atoms with Crippen LogP contribution in [0.15, 0.2) is 18.3 Å². The number of rotatable bonds is 1. The first-order valence-electron chi connectivity index (χ1n) is 5.17. The zero-order valence-electron chi connectivity index (χ0n) is 9.40. The van der Waals surface area contributed by atoms with Gasteiger partial charge in [-0.3, -0.25) is 4.98 Å². The number of methoxy groups -OCH3 is 1. The summed E-state index contributed by atoms with van der Waals surface area (Å²) in [7, 11) is 1.29. The molecule has 0 fully saturated rings. The van der Waals surface area contributed by atoms with E-state index in [4.69, 9.17) is 21.1 Å². The molecule has 0 amide bonds. The van der Waals surface area contributed by atoms with Crippen LogP contribution in [0.2, 0.25) is 5.02 Å². The van der Waals surface area contributed by atoms with E-state index in [-0.39, 0.29) is 12.4 Å². The van der Waals surface area contributed by atoms with Crippen molar-refractivity contribution in [1.82, 2.24) is 4.98 Å². The molecule has 2 aromatic rings.